The third kappa shape index (κ3) is 5.67. The highest BCUT2D eigenvalue weighted by atomic mass is 32.2. The van der Waals surface area contributed by atoms with Crippen molar-refractivity contribution in [2.24, 2.45) is 5.92 Å². The molecule has 2 saturated heterocycles. The number of nitrogens with zero attached hydrogens (tertiary/aromatic N) is 1. The number of ether oxygens (including phenoxy) is 2. The lowest BCUT2D eigenvalue weighted by molar-refractivity contribution is -0.0956. The van der Waals surface area contributed by atoms with Gasteiger partial charge in [0.05, 0.1) is 18.1 Å². The van der Waals surface area contributed by atoms with Gasteiger partial charge in [0, 0.05) is 36.7 Å². The van der Waals surface area contributed by atoms with Crippen molar-refractivity contribution in [1.82, 2.24) is 9.62 Å². The summed E-state index contributed by atoms with van der Waals surface area (Å²) < 4.78 is 38.8. The molecule has 1 amide bonds. The number of likely N-dealkylation sites (tertiary alicyclic amines) is 1. The van der Waals surface area contributed by atoms with Crippen molar-refractivity contribution in [3.05, 3.63) is 65.2 Å². The number of benzene rings is 2. The molecule has 9 heteroatoms. The Hall–Kier alpha value is -2.59. The van der Waals surface area contributed by atoms with E-state index in [1.165, 1.54) is 31.2 Å². The lowest BCUT2D eigenvalue weighted by Gasteiger charge is -2.33. The quantitative estimate of drug-likeness (QED) is 0.622. The van der Waals surface area contributed by atoms with Crippen LogP contribution in [0.15, 0.2) is 53.4 Å². The van der Waals surface area contributed by atoms with E-state index >= 15 is 0 Å². The van der Waals surface area contributed by atoms with Gasteiger partial charge in [-0.25, -0.2) is 13.1 Å². The van der Waals surface area contributed by atoms with Gasteiger partial charge >= 0.3 is 0 Å². The van der Waals surface area contributed by atoms with Crippen molar-refractivity contribution in [3.63, 3.8) is 0 Å². The standard InChI is InChI=1S/C24H28N2O6S/c1-17(27)19-6-8-22(9-7-19)33(29,30)25-16-18-2-4-20(5-3-18)23(28)26-12-10-21(11-13-26)24-31-14-15-32-24/h2-9,21,24-25H,10-16H2,1H3. The van der Waals surface area contributed by atoms with Crippen LogP contribution in [-0.2, 0) is 26.0 Å². The minimum Gasteiger partial charge on any atom is -0.350 e. The zero-order valence-corrected chi connectivity index (χ0v) is 19.3. The van der Waals surface area contributed by atoms with Gasteiger partial charge < -0.3 is 14.4 Å². The van der Waals surface area contributed by atoms with Crippen LogP contribution >= 0.6 is 0 Å². The Labute approximate surface area is 193 Å². The molecule has 176 valence electrons. The smallest absolute Gasteiger partial charge is 0.253 e. The minimum absolute atomic E-state index is 0.0283. The number of amides is 1. The fraction of sp³-hybridized carbons (Fsp3) is 0.417. The maximum absolute atomic E-state index is 12.8. The third-order valence-electron chi connectivity index (χ3n) is 6.10. The van der Waals surface area contributed by atoms with E-state index in [4.69, 9.17) is 9.47 Å². The van der Waals surface area contributed by atoms with E-state index in [9.17, 15) is 18.0 Å². The van der Waals surface area contributed by atoms with Crippen LogP contribution in [0.5, 0.6) is 0 Å². The van der Waals surface area contributed by atoms with E-state index in [2.05, 4.69) is 4.72 Å². The molecule has 0 radical (unpaired) electrons. The molecule has 0 atom stereocenters. The Morgan fingerprint density at radius 2 is 1.52 bits per heavy atom. The van der Waals surface area contributed by atoms with E-state index < -0.39 is 10.0 Å². The predicted molar refractivity (Wildman–Crippen MR) is 121 cm³/mol. The van der Waals surface area contributed by atoms with Crippen LogP contribution in [0, 0.1) is 5.92 Å². The van der Waals surface area contributed by atoms with Gasteiger partial charge in [-0.2, -0.15) is 0 Å². The van der Waals surface area contributed by atoms with Crippen molar-refractivity contribution in [3.8, 4) is 0 Å². The van der Waals surface area contributed by atoms with Crippen LogP contribution in [0.2, 0.25) is 0 Å². The van der Waals surface area contributed by atoms with E-state index in [1.54, 1.807) is 24.3 Å². The third-order valence-corrected chi connectivity index (χ3v) is 7.51. The Bertz CT molecular complexity index is 1080. The van der Waals surface area contributed by atoms with E-state index in [0.29, 0.717) is 43.3 Å². The number of hydrogen-bond acceptors (Lipinski definition) is 6. The second-order valence-electron chi connectivity index (χ2n) is 8.34. The second-order valence-corrected chi connectivity index (χ2v) is 10.1. The summed E-state index contributed by atoms with van der Waals surface area (Å²) in [5.74, 6) is 0.174. The summed E-state index contributed by atoms with van der Waals surface area (Å²) in [6.45, 7) is 4.13. The first-order valence-corrected chi connectivity index (χ1v) is 12.5. The SMILES string of the molecule is CC(=O)c1ccc(S(=O)(=O)NCc2ccc(C(=O)N3CCC(C4OCCO4)CC3)cc2)cc1. The second kappa shape index (κ2) is 10.1. The molecule has 33 heavy (non-hydrogen) atoms. The average Bonchev–Trinajstić information content (AvgIpc) is 3.38. The number of Topliss-reactive ketones (excluding diaryl/α,β-unsaturated/α-hetero) is 1. The molecule has 0 aliphatic carbocycles. The predicted octanol–water partition coefficient (Wildman–Crippen LogP) is 2.59. The first-order valence-electron chi connectivity index (χ1n) is 11.1. The van der Waals surface area contributed by atoms with E-state index in [1.807, 2.05) is 4.90 Å². The zero-order chi connectivity index (χ0) is 23.4. The first kappa shape index (κ1) is 23.6. The molecule has 2 aromatic rings. The summed E-state index contributed by atoms with van der Waals surface area (Å²) in [5.41, 5.74) is 1.77. The molecule has 2 heterocycles. The monoisotopic (exact) mass is 472 g/mol. The van der Waals surface area contributed by atoms with Crippen LogP contribution in [0.3, 0.4) is 0 Å². The molecule has 4 rings (SSSR count). The van der Waals surface area contributed by atoms with Gasteiger partial charge in [-0.3, -0.25) is 9.59 Å². The van der Waals surface area contributed by atoms with Gasteiger partial charge in [-0.1, -0.05) is 24.3 Å². The number of sulfonamides is 1. The lowest BCUT2D eigenvalue weighted by atomic mass is 9.95. The zero-order valence-electron chi connectivity index (χ0n) is 18.5. The summed E-state index contributed by atoms with van der Waals surface area (Å²) in [5, 5.41) is 0. The Morgan fingerprint density at radius 3 is 2.09 bits per heavy atom. The van der Waals surface area contributed by atoms with E-state index in [-0.39, 0.29) is 29.4 Å². The summed E-state index contributed by atoms with van der Waals surface area (Å²) in [6.07, 6.45) is 1.56. The molecule has 2 aliphatic rings. The van der Waals surface area contributed by atoms with Crippen molar-refractivity contribution >= 4 is 21.7 Å². The summed E-state index contributed by atoms with van der Waals surface area (Å²) >= 11 is 0. The van der Waals surface area contributed by atoms with Crippen molar-refractivity contribution in [1.29, 1.82) is 0 Å². The molecule has 0 saturated carbocycles. The van der Waals surface area contributed by atoms with Gasteiger partial charge in [0.15, 0.2) is 12.1 Å². The fourth-order valence-electron chi connectivity index (χ4n) is 4.10. The van der Waals surface area contributed by atoms with Gasteiger partial charge in [-0.15, -0.1) is 0 Å². The topological polar surface area (TPSA) is 102 Å². The number of piperidine rings is 1. The maximum Gasteiger partial charge on any atom is 0.253 e. The van der Waals surface area contributed by atoms with Gasteiger partial charge in [-0.05, 0) is 49.6 Å². The van der Waals surface area contributed by atoms with Gasteiger partial charge in [0.25, 0.3) is 5.91 Å². The number of hydrogen-bond donors (Lipinski definition) is 1. The van der Waals surface area contributed by atoms with Gasteiger partial charge in [0.1, 0.15) is 0 Å². The Balaban J connectivity index is 1.30. The molecule has 2 aliphatic heterocycles. The molecule has 2 fully saturated rings. The highest BCUT2D eigenvalue weighted by Crippen LogP contribution is 2.26. The molecule has 0 bridgehead atoms. The highest BCUT2D eigenvalue weighted by molar-refractivity contribution is 7.89. The molecule has 2 aromatic carbocycles. The number of ketones is 1. The normalized spacial score (nSPS) is 17.9. The summed E-state index contributed by atoms with van der Waals surface area (Å²) in [4.78, 5) is 26.1. The number of nitrogens with one attached hydrogen (secondary N) is 1. The molecule has 0 spiro atoms. The van der Waals surface area contributed by atoms with E-state index in [0.717, 1.165) is 18.4 Å². The van der Waals surface area contributed by atoms with Gasteiger partial charge in [0.2, 0.25) is 10.0 Å². The van der Waals surface area contributed by atoms with Crippen LogP contribution < -0.4 is 4.72 Å². The molecule has 0 unspecified atom stereocenters. The first-order chi connectivity index (χ1) is 15.8. The summed E-state index contributed by atoms with van der Waals surface area (Å²) in [7, 11) is -3.71. The largest absolute Gasteiger partial charge is 0.350 e. The Morgan fingerprint density at radius 1 is 0.939 bits per heavy atom. The summed E-state index contributed by atoms with van der Waals surface area (Å²) in [6, 6.07) is 12.8. The number of carbonyl (C=O) groups excluding carboxylic acids is 2. The maximum atomic E-state index is 12.8. The lowest BCUT2D eigenvalue weighted by Crippen LogP contribution is -2.41. The Kier molecular flexibility index (Phi) is 7.23. The molecule has 0 aromatic heterocycles. The fourth-order valence-corrected chi connectivity index (χ4v) is 5.12. The van der Waals surface area contributed by atoms with Crippen LogP contribution in [0.1, 0.15) is 46.0 Å². The number of rotatable bonds is 7. The van der Waals surface area contributed by atoms with Crippen molar-refractivity contribution in [2.75, 3.05) is 26.3 Å². The minimum atomic E-state index is -3.71. The average molecular weight is 473 g/mol. The molecule has 1 N–H and O–H groups in total. The van der Waals surface area contributed by atoms with Crippen molar-refractivity contribution < 1.29 is 27.5 Å². The van der Waals surface area contributed by atoms with Crippen LogP contribution in [-0.4, -0.2) is 57.6 Å². The molecular weight excluding hydrogens is 444 g/mol. The molecule has 8 nitrogen and oxygen atoms in total. The number of carbonyl (C=O) groups is 2. The van der Waals surface area contributed by atoms with Crippen LogP contribution in [0.4, 0.5) is 0 Å². The van der Waals surface area contributed by atoms with Crippen molar-refractivity contribution in [2.45, 2.75) is 37.5 Å². The molecular formula is C24H28N2O6S. The highest BCUT2D eigenvalue weighted by Gasteiger charge is 2.32. The van der Waals surface area contributed by atoms with Crippen LogP contribution in [0.25, 0.3) is 0 Å².